The Morgan fingerprint density at radius 3 is 2.45 bits per heavy atom. The summed E-state index contributed by atoms with van der Waals surface area (Å²) in [4.78, 5) is 46.5. The van der Waals surface area contributed by atoms with E-state index in [1.807, 2.05) is 0 Å². The van der Waals surface area contributed by atoms with Crippen LogP contribution in [0.3, 0.4) is 0 Å². The number of nitrogens with zero attached hydrogens (tertiary/aromatic N) is 3. The van der Waals surface area contributed by atoms with Crippen molar-refractivity contribution in [2.45, 2.75) is 39.0 Å². The van der Waals surface area contributed by atoms with Gasteiger partial charge < -0.3 is 19.6 Å². The zero-order valence-corrected chi connectivity index (χ0v) is 22.6. The number of carbonyl (C=O) groups is 3. The van der Waals surface area contributed by atoms with Gasteiger partial charge in [0.2, 0.25) is 5.82 Å². The van der Waals surface area contributed by atoms with E-state index in [0.29, 0.717) is 12.1 Å². The third-order valence-corrected chi connectivity index (χ3v) is 6.40. The van der Waals surface area contributed by atoms with Gasteiger partial charge in [-0.1, -0.05) is 18.5 Å². The van der Waals surface area contributed by atoms with Crippen LogP contribution in [0.25, 0.3) is 0 Å². The summed E-state index contributed by atoms with van der Waals surface area (Å²) in [5.41, 5.74) is -1.90. The van der Waals surface area contributed by atoms with E-state index in [-0.39, 0.29) is 46.3 Å². The Morgan fingerprint density at radius 2 is 1.81 bits per heavy atom. The number of oxazole rings is 1. The Balaban J connectivity index is 1.83. The van der Waals surface area contributed by atoms with E-state index < -0.39 is 59.0 Å². The number of imidazole rings is 1. The molecule has 2 amide bonds. The monoisotopic (exact) mass is 609 g/mol. The normalized spacial score (nSPS) is 12.2. The van der Waals surface area contributed by atoms with Crippen LogP contribution < -0.4 is 10.6 Å². The molecular weight excluding hydrogens is 589 g/mol. The highest BCUT2D eigenvalue weighted by atomic mass is 35.5. The maximum Gasteiger partial charge on any atom is 0.416 e. The highest BCUT2D eigenvalue weighted by molar-refractivity contribution is 6.31. The van der Waals surface area contributed by atoms with Crippen molar-refractivity contribution in [1.82, 2.24) is 19.9 Å². The third kappa shape index (κ3) is 6.82. The van der Waals surface area contributed by atoms with Crippen LogP contribution in [0.5, 0.6) is 0 Å². The predicted octanol–water partition coefficient (Wildman–Crippen LogP) is 5.74. The highest BCUT2D eigenvalue weighted by Gasteiger charge is 2.33. The minimum absolute atomic E-state index is 0.00307. The lowest BCUT2D eigenvalue weighted by Crippen LogP contribution is -2.28. The smallest absolute Gasteiger partial charge is 0.416 e. The van der Waals surface area contributed by atoms with Crippen LogP contribution in [-0.4, -0.2) is 32.1 Å². The number of hydrogen-bond acceptors (Lipinski definition) is 6. The van der Waals surface area contributed by atoms with E-state index in [9.17, 15) is 36.3 Å². The number of amides is 2. The van der Waals surface area contributed by atoms with E-state index in [2.05, 4.69) is 20.6 Å². The minimum atomic E-state index is -4.94. The lowest BCUT2D eigenvalue weighted by Gasteiger charge is -2.19. The quantitative estimate of drug-likeness (QED) is 0.234. The summed E-state index contributed by atoms with van der Waals surface area (Å²) < 4.78 is 74.3. The minimum Gasteiger partial charge on any atom is -0.447 e. The molecule has 0 aliphatic carbocycles. The van der Waals surface area contributed by atoms with Crippen molar-refractivity contribution in [3.8, 4) is 0 Å². The maximum atomic E-state index is 14.2. The molecule has 0 aliphatic rings. The van der Waals surface area contributed by atoms with Gasteiger partial charge in [0.15, 0.2) is 12.2 Å². The van der Waals surface area contributed by atoms with E-state index in [1.165, 1.54) is 30.7 Å². The number of aromatic nitrogens is 3. The molecule has 4 aromatic rings. The van der Waals surface area contributed by atoms with Gasteiger partial charge in [-0.2, -0.15) is 13.2 Å². The summed E-state index contributed by atoms with van der Waals surface area (Å²) in [6.07, 6.45) is -2.45. The number of anilines is 1. The molecule has 2 aromatic carbocycles. The molecule has 1 atom stereocenters. The molecule has 2 N–H and O–H groups in total. The van der Waals surface area contributed by atoms with Crippen LogP contribution >= 0.6 is 11.6 Å². The average Bonchev–Trinajstić information content (AvgIpc) is 3.55. The number of Topliss-reactive ketones (excluding diaryl/α,β-unsaturated/α-hetero) is 1. The molecule has 0 unspecified atom stereocenters. The standard InChI is InChI=1S/C27H21ClF5N5O4/c1-13(39)11-38-22(14(2)20-8-17(29)3-4-21(20)28)23(36-24(38)26(41)35-10-19-9-34-12-42-19)37-25(40)15-5-16(27(31,32)33)7-18(30)6-15/h3-9,12,14H,10-11H2,1-2H3,(H,35,41)(H,37,40)/t14-/m0/s1. The van der Waals surface area contributed by atoms with Gasteiger partial charge in [-0.25, -0.2) is 18.7 Å². The highest BCUT2D eigenvalue weighted by Crippen LogP contribution is 2.36. The number of benzene rings is 2. The van der Waals surface area contributed by atoms with Crippen LogP contribution in [-0.2, 0) is 24.1 Å². The largest absolute Gasteiger partial charge is 0.447 e. The van der Waals surface area contributed by atoms with Gasteiger partial charge in [-0.3, -0.25) is 14.4 Å². The van der Waals surface area contributed by atoms with E-state index in [0.717, 1.165) is 18.5 Å². The first-order chi connectivity index (χ1) is 19.7. The first-order valence-corrected chi connectivity index (χ1v) is 12.5. The lowest BCUT2D eigenvalue weighted by molar-refractivity contribution is -0.137. The van der Waals surface area contributed by atoms with Gasteiger partial charge in [0.05, 0.1) is 30.5 Å². The lowest BCUT2D eigenvalue weighted by atomic mass is 9.96. The van der Waals surface area contributed by atoms with Crippen LogP contribution in [0.4, 0.5) is 27.8 Å². The van der Waals surface area contributed by atoms with Crippen LogP contribution in [0, 0.1) is 11.6 Å². The summed E-state index contributed by atoms with van der Waals surface area (Å²) in [6, 6.07) is 4.77. The molecule has 0 radical (unpaired) electrons. The summed E-state index contributed by atoms with van der Waals surface area (Å²) in [5, 5.41) is 4.95. The molecule has 2 aromatic heterocycles. The van der Waals surface area contributed by atoms with E-state index in [1.54, 1.807) is 0 Å². The molecule has 0 saturated carbocycles. The van der Waals surface area contributed by atoms with Gasteiger partial charge in [0.25, 0.3) is 11.8 Å². The molecule has 0 fully saturated rings. The van der Waals surface area contributed by atoms with Crippen molar-refractivity contribution in [2.75, 3.05) is 5.32 Å². The fraction of sp³-hybridized carbons (Fsp3) is 0.222. The van der Waals surface area contributed by atoms with Crippen LogP contribution in [0.2, 0.25) is 5.02 Å². The molecular formula is C27H21ClF5N5O4. The molecule has 0 spiro atoms. The van der Waals surface area contributed by atoms with Crippen LogP contribution in [0.15, 0.2) is 53.4 Å². The molecule has 9 nitrogen and oxygen atoms in total. The predicted molar refractivity (Wildman–Crippen MR) is 139 cm³/mol. The van der Waals surface area contributed by atoms with Gasteiger partial charge >= 0.3 is 6.18 Å². The third-order valence-electron chi connectivity index (χ3n) is 6.05. The van der Waals surface area contributed by atoms with Crippen molar-refractivity contribution in [1.29, 1.82) is 0 Å². The number of nitrogens with one attached hydrogen (secondary N) is 2. The van der Waals surface area contributed by atoms with Gasteiger partial charge in [0, 0.05) is 16.5 Å². The summed E-state index contributed by atoms with van der Waals surface area (Å²) in [7, 11) is 0. The summed E-state index contributed by atoms with van der Waals surface area (Å²) in [5.74, 6) is -5.79. The molecule has 2 heterocycles. The molecule has 0 aliphatic heterocycles. The van der Waals surface area contributed by atoms with Crippen molar-refractivity contribution in [3.05, 3.63) is 99.6 Å². The number of carbonyl (C=O) groups excluding carboxylic acids is 3. The van der Waals surface area contributed by atoms with Crippen molar-refractivity contribution < 1.29 is 40.8 Å². The fourth-order valence-corrected chi connectivity index (χ4v) is 4.47. The molecule has 15 heteroatoms. The summed E-state index contributed by atoms with van der Waals surface area (Å²) >= 11 is 6.31. The Labute approximate surface area is 239 Å². The first kappa shape index (κ1) is 30.4. The molecule has 0 bridgehead atoms. The fourth-order valence-electron chi connectivity index (χ4n) is 4.19. The number of rotatable bonds is 9. The Morgan fingerprint density at radius 1 is 1.07 bits per heavy atom. The molecule has 0 saturated heterocycles. The second-order valence-corrected chi connectivity index (χ2v) is 9.58. The molecule has 4 rings (SSSR count). The van der Waals surface area contributed by atoms with Crippen molar-refractivity contribution >= 4 is 35.0 Å². The topological polar surface area (TPSA) is 119 Å². The number of hydrogen-bond donors (Lipinski definition) is 2. The van der Waals surface area contributed by atoms with Crippen molar-refractivity contribution in [3.63, 3.8) is 0 Å². The van der Waals surface area contributed by atoms with Gasteiger partial charge in [-0.05, 0) is 48.9 Å². The number of alkyl halides is 3. The van der Waals surface area contributed by atoms with Crippen molar-refractivity contribution in [2.24, 2.45) is 0 Å². The second kappa shape index (κ2) is 12.1. The molecule has 220 valence electrons. The Bertz CT molecular complexity index is 1650. The van der Waals surface area contributed by atoms with E-state index in [4.69, 9.17) is 16.0 Å². The maximum absolute atomic E-state index is 14.2. The number of ketones is 1. The zero-order chi connectivity index (χ0) is 30.8. The SMILES string of the molecule is CC(=O)Cn1c(C(=O)NCc2cnco2)nc(NC(=O)c2cc(F)cc(C(F)(F)F)c2)c1[C@@H](C)c1cc(F)ccc1Cl. The van der Waals surface area contributed by atoms with E-state index >= 15 is 0 Å². The number of halogens is 6. The summed E-state index contributed by atoms with van der Waals surface area (Å²) in [6.45, 7) is 2.20. The van der Waals surface area contributed by atoms with Gasteiger partial charge in [0.1, 0.15) is 23.2 Å². The Hall–Kier alpha value is -4.59. The first-order valence-electron chi connectivity index (χ1n) is 12.1. The second-order valence-electron chi connectivity index (χ2n) is 9.18. The van der Waals surface area contributed by atoms with Crippen LogP contribution in [0.1, 0.15) is 63.3 Å². The zero-order valence-electron chi connectivity index (χ0n) is 21.9. The molecule has 42 heavy (non-hydrogen) atoms. The van der Waals surface area contributed by atoms with Gasteiger partial charge in [-0.15, -0.1) is 0 Å². The Kier molecular flexibility index (Phi) is 8.75. The average molecular weight is 610 g/mol.